The molecule has 0 aliphatic carbocycles. The van der Waals surface area contributed by atoms with Crippen LogP contribution in [0.2, 0.25) is 5.02 Å². The highest BCUT2D eigenvalue weighted by molar-refractivity contribution is 6.33. The molecule has 2 atom stereocenters. The van der Waals surface area contributed by atoms with Gasteiger partial charge < -0.3 is 35.6 Å². The lowest BCUT2D eigenvalue weighted by atomic mass is 10.0. The van der Waals surface area contributed by atoms with Crippen molar-refractivity contribution < 1.29 is 34.0 Å². The van der Waals surface area contributed by atoms with Crippen LogP contribution in [0, 0.1) is 5.82 Å². The van der Waals surface area contributed by atoms with Gasteiger partial charge in [0.05, 0.1) is 36.7 Å². The molecule has 1 aromatic heterocycles. The van der Waals surface area contributed by atoms with E-state index in [0.717, 1.165) is 18.4 Å². The third-order valence-electron chi connectivity index (χ3n) is 7.39. The highest BCUT2D eigenvalue weighted by Crippen LogP contribution is 2.32. The fourth-order valence-electron chi connectivity index (χ4n) is 5.02. The lowest BCUT2D eigenvalue weighted by molar-refractivity contribution is -0.126. The van der Waals surface area contributed by atoms with Crippen molar-refractivity contribution >= 4 is 29.4 Å². The molecular formula is C29H33ClFN5O6. The molecule has 2 aliphatic rings. The zero-order valence-electron chi connectivity index (χ0n) is 23.2. The molecule has 0 unspecified atom stereocenters. The van der Waals surface area contributed by atoms with Gasteiger partial charge in [-0.2, -0.15) is 0 Å². The largest absolute Gasteiger partial charge is 0.497 e. The molecule has 2 amide bonds. The van der Waals surface area contributed by atoms with Crippen molar-refractivity contribution in [1.82, 2.24) is 20.2 Å². The standard InChI is InChI=1S/C29H31ClFN5O5.H2O/c1-16(27(38)34-25(15-37)19-9-20(31)12-22(10-19)40-2)36-14-18-4-3-17(11-23(18)28(36)39)26-24(30)13-32-29(35-26)33-21-5-7-41-8-6-21;/h3-4,9-13,16,21,25,37H,5-8,14-15H2,1-2H3,(H,34,38)(H,32,33,35);1H2/t16-,25-;/m1./s1. The number of aliphatic hydroxyl groups excluding tert-OH is 1. The van der Waals surface area contributed by atoms with E-state index >= 15 is 0 Å². The lowest BCUT2D eigenvalue weighted by Gasteiger charge is -2.26. The number of hydrogen-bond acceptors (Lipinski definition) is 8. The summed E-state index contributed by atoms with van der Waals surface area (Å²) in [6.45, 7) is 2.73. The van der Waals surface area contributed by atoms with Gasteiger partial charge >= 0.3 is 0 Å². The second-order valence-corrected chi connectivity index (χ2v) is 10.5. The van der Waals surface area contributed by atoms with E-state index in [4.69, 9.17) is 21.1 Å². The summed E-state index contributed by atoms with van der Waals surface area (Å²) in [5.41, 5.74) is 2.70. The first-order chi connectivity index (χ1) is 19.8. The summed E-state index contributed by atoms with van der Waals surface area (Å²) in [4.78, 5) is 37.0. The molecule has 3 heterocycles. The SMILES string of the molecule is COc1cc(F)cc([C@@H](CO)NC(=O)[C@@H](C)N2Cc3ccc(-c4nc(NC5CCOCC5)ncc4Cl)cc3C2=O)c1.O. The summed E-state index contributed by atoms with van der Waals surface area (Å²) in [6, 6.07) is 7.81. The zero-order valence-corrected chi connectivity index (χ0v) is 23.9. The molecule has 0 radical (unpaired) electrons. The number of benzene rings is 2. The topological polar surface area (TPSA) is 157 Å². The van der Waals surface area contributed by atoms with E-state index in [1.165, 1.54) is 36.4 Å². The van der Waals surface area contributed by atoms with Gasteiger partial charge in [-0.15, -0.1) is 0 Å². The van der Waals surface area contributed by atoms with Crippen LogP contribution in [0.5, 0.6) is 5.75 Å². The molecule has 3 aromatic rings. The van der Waals surface area contributed by atoms with Gasteiger partial charge in [0.1, 0.15) is 17.6 Å². The first kappa shape index (κ1) is 31.1. The summed E-state index contributed by atoms with van der Waals surface area (Å²) < 4.78 is 24.5. The number of carbonyl (C=O) groups is 2. The van der Waals surface area contributed by atoms with Gasteiger partial charge in [-0.3, -0.25) is 9.59 Å². The van der Waals surface area contributed by atoms with Crippen LogP contribution in [0.4, 0.5) is 10.3 Å². The number of halogens is 2. The fourth-order valence-corrected chi connectivity index (χ4v) is 5.22. The van der Waals surface area contributed by atoms with E-state index in [0.29, 0.717) is 46.6 Å². The molecule has 5 N–H and O–H groups in total. The minimum Gasteiger partial charge on any atom is -0.497 e. The Morgan fingerprint density at radius 2 is 2.02 bits per heavy atom. The van der Waals surface area contributed by atoms with Crippen molar-refractivity contribution in [3.05, 3.63) is 70.1 Å². The minimum atomic E-state index is -0.884. The number of rotatable bonds is 9. The Labute approximate surface area is 247 Å². The smallest absolute Gasteiger partial charge is 0.255 e. The van der Waals surface area contributed by atoms with Crippen molar-refractivity contribution in [2.75, 3.05) is 32.2 Å². The molecule has 42 heavy (non-hydrogen) atoms. The Bertz CT molecular complexity index is 1450. The first-order valence-corrected chi connectivity index (χ1v) is 13.7. The van der Waals surface area contributed by atoms with E-state index in [-0.39, 0.29) is 29.7 Å². The maximum absolute atomic E-state index is 14.0. The number of methoxy groups -OCH3 is 1. The van der Waals surface area contributed by atoms with E-state index in [9.17, 15) is 19.1 Å². The Balaban J connectivity index is 0.00000405. The molecule has 11 nitrogen and oxygen atoms in total. The Morgan fingerprint density at radius 3 is 2.74 bits per heavy atom. The third kappa shape index (κ3) is 6.62. The monoisotopic (exact) mass is 601 g/mol. The van der Waals surface area contributed by atoms with Crippen LogP contribution < -0.4 is 15.4 Å². The van der Waals surface area contributed by atoms with Gasteiger partial charge in [0.25, 0.3) is 5.91 Å². The highest BCUT2D eigenvalue weighted by Gasteiger charge is 2.35. The molecule has 1 saturated heterocycles. The van der Waals surface area contributed by atoms with E-state index < -0.39 is 30.4 Å². The summed E-state index contributed by atoms with van der Waals surface area (Å²) in [5, 5.41) is 16.3. The van der Waals surface area contributed by atoms with Crippen LogP contribution >= 0.6 is 11.6 Å². The van der Waals surface area contributed by atoms with Crippen LogP contribution in [0.15, 0.2) is 42.6 Å². The number of fused-ring (bicyclic) bond motifs is 1. The average Bonchev–Trinajstić information content (AvgIpc) is 3.31. The van der Waals surface area contributed by atoms with Gasteiger partial charge in [-0.25, -0.2) is 14.4 Å². The molecule has 2 aromatic carbocycles. The van der Waals surface area contributed by atoms with Crippen LogP contribution in [0.25, 0.3) is 11.3 Å². The number of anilines is 1. The third-order valence-corrected chi connectivity index (χ3v) is 7.67. The second-order valence-electron chi connectivity index (χ2n) is 10.1. The Hall–Kier alpha value is -3.84. The highest BCUT2D eigenvalue weighted by atomic mass is 35.5. The predicted octanol–water partition coefficient (Wildman–Crippen LogP) is 2.91. The van der Waals surface area contributed by atoms with Crippen molar-refractivity contribution in [2.45, 2.75) is 44.4 Å². The van der Waals surface area contributed by atoms with Gasteiger partial charge in [0.15, 0.2) is 0 Å². The fraction of sp³-hybridized carbons (Fsp3) is 0.379. The van der Waals surface area contributed by atoms with Gasteiger partial charge in [0, 0.05) is 43.0 Å². The Kier molecular flexibility index (Phi) is 9.94. The molecule has 13 heteroatoms. The van der Waals surface area contributed by atoms with Crippen LogP contribution in [0.3, 0.4) is 0 Å². The first-order valence-electron chi connectivity index (χ1n) is 13.3. The van der Waals surface area contributed by atoms with Gasteiger partial charge in [-0.05, 0) is 49.1 Å². The van der Waals surface area contributed by atoms with Crippen molar-refractivity contribution in [1.29, 1.82) is 0 Å². The summed E-state index contributed by atoms with van der Waals surface area (Å²) >= 11 is 6.45. The van der Waals surface area contributed by atoms with Crippen molar-refractivity contribution in [2.24, 2.45) is 0 Å². The number of aliphatic hydroxyl groups is 1. The summed E-state index contributed by atoms with van der Waals surface area (Å²) in [7, 11) is 1.40. The zero-order chi connectivity index (χ0) is 29.1. The van der Waals surface area contributed by atoms with Crippen LogP contribution in [-0.2, 0) is 16.1 Å². The van der Waals surface area contributed by atoms with Gasteiger partial charge in [-0.1, -0.05) is 23.7 Å². The number of nitrogens with one attached hydrogen (secondary N) is 2. The van der Waals surface area contributed by atoms with Crippen molar-refractivity contribution in [3.8, 4) is 17.0 Å². The maximum atomic E-state index is 14.0. The van der Waals surface area contributed by atoms with Crippen LogP contribution in [0.1, 0.15) is 47.3 Å². The maximum Gasteiger partial charge on any atom is 0.255 e. The molecule has 0 spiro atoms. The molecule has 2 aliphatic heterocycles. The molecule has 0 bridgehead atoms. The number of amides is 2. The average molecular weight is 602 g/mol. The molecule has 0 saturated carbocycles. The molecule has 5 rings (SSSR count). The number of aromatic nitrogens is 2. The quantitative estimate of drug-likeness (QED) is 0.338. The van der Waals surface area contributed by atoms with E-state index in [1.54, 1.807) is 13.0 Å². The predicted molar refractivity (Wildman–Crippen MR) is 154 cm³/mol. The summed E-state index contributed by atoms with van der Waals surface area (Å²) in [6.07, 6.45) is 3.24. The Morgan fingerprint density at radius 1 is 1.26 bits per heavy atom. The minimum absolute atomic E-state index is 0. The van der Waals surface area contributed by atoms with Gasteiger partial charge in [0.2, 0.25) is 11.9 Å². The van der Waals surface area contributed by atoms with E-state index in [2.05, 4.69) is 20.6 Å². The molecular weight excluding hydrogens is 569 g/mol. The number of ether oxygens (including phenoxy) is 2. The molecule has 224 valence electrons. The van der Waals surface area contributed by atoms with Crippen LogP contribution in [-0.4, -0.2) is 76.3 Å². The van der Waals surface area contributed by atoms with E-state index in [1.807, 2.05) is 12.1 Å². The lowest BCUT2D eigenvalue weighted by Crippen LogP contribution is -2.46. The molecule has 1 fully saturated rings. The number of hydrogen-bond donors (Lipinski definition) is 3. The second kappa shape index (κ2) is 13.4. The number of carbonyl (C=O) groups excluding carboxylic acids is 2. The van der Waals surface area contributed by atoms with Crippen molar-refractivity contribution in [3.63, 3.8) is 0 Å². The number of nitrogens with zero attached hydrogens (tertiary/aromatic N) is 3. The summed E-state index contributed by atoms with van der Waals surface area (Å²) in [5.74, 6) is -0.655. The normalized spacial score (nSPS) is 16.3.